The number of nitrogen functional groups attached to an aromatic ring is 1. The molecule has 0 atom stereocenters. The van der Waals surface area contributed by atoms with Crippen molar-refractivity contribution in [3.8, 4) is 0 Å². The molecule has 30 heavy (non-hydrogen) atoms. The summed E-state index contributed by atoms with van der Waals surface area (Å²) in [6.07, 6.45) is 4.74. The van der Waals surface area contributed by atoms with Crippen molar-refractivity contribution in [3.63, 3.8) is 0 Å². The van der Waals surface area contributed by atoms with Crippen LogP contribution in [0.3, 0.4) is 0 Å². The zero-order chi connectivity index (χ0) is 21.3. The number of rotatable bonds is 5. The molecule has 1 amide bonds. The van der Waals surface area contributed by atoms with Crippen LogP contribution in [0.5, 0.6) is 0 Å². The molecule has 2 fully saturated rings. The van der Waals surface area contributed by atoms with Gasteiger partial charge in [-0.1, -0.05) is 12.8 Å². The molecule has 0 spiro atoms. The van der Waals surface area contributed by atoms with Gasteiger partial charge in [-0.25, -0.2) is 8.42 Å². The van der Waals surface area contributed by atoms with E-state index in [0.717, 1.165) is 35.8 Å². The Bertz CT molecular complexity index is 1030. The number of hydrogen-bond acceptors (Lipinski definition) is 7. The second-order valence-corrected chi connectivity index (χ2v) is 10.6. The lowest BCUT2D eigenvalue weighted by Crippen LogP contribution is -2.50. The van der Waals surface area contributed by atoms with E-state index in [1.54, 1.807) is 4.31 Å². The van der Waals surface area contributed by atoms with E-state index in [-0.39, 0.29) is 17.0 Å². The van der Waals surface area contributed by atoms with E-state index in [1.807, 2.05) is 18.2 Å². The number of sulfonamides is 1. The molecule has 11 heteroatoms. The summed E-state index contributed by atoms with van der Waals surface area (Å²) in [5, 5.41) is 2.57. The zero-order valence-electron chi connectivity index (χ0n) is 16.4. The molecule has 2 aliphatic rings. The van der Waals surface area contributed by atoms with Crippen LogP contribution in [-0.4, -0.2) is 55.0 Å². The van der Waals surface area contributed by atoms with Gasteiger partial charge < -0.3 is 20.4 Å². The van der Waals surface area contributed by atoms with Gasteiger partial charge in [0, 0.05) is 36.3 Å². The van der Waals surface area contributed by atoms with Crippen LogP contribution >= 0.6 is 15.9 Å². The number of aromatic nitrogens is 1. The number of carbonyl (C=O) groups is 1. The lowest BCUT2D eigenvalue weighted by atomic mass is 10.2. The highest BCUT2D eigenvalue weighted by molar-refractivity contribution is 9.10. The highest BCUT2D eigenvalue weighted by Gasteiger charge is 2.35. The van der Waals surface area contributed by atoms with Gasteiger partial charge in [0.25, 0.3) is 11.9 Å². The molecule has 0 unspecified atom stereocenters. The Labute approximate surface area is 183 Å². The van der Waals surface area contributed by atoms with Crippen molar-refractivity contribution in [2.24, 2.45) is 0 Å². The second-order valence-electron chi connectivity index (χ2n) is 7.53. The quantitative estimate of drug-likeness (QED) is 0.650. The maximum Gasteiger partial charge on any atom is 0.292 e. The number of carbonyl (C=O) groups excluding carboxylic acids is 1. The number of nitrogens with two attached hydrogens (primary N) is 1. The summed E-state index contributed by atoms with van der Waals surface area (Å²) in [5.41, 5.74) is 7.01. The molecule has 1 aliphatic carbocycles. The van der Waals surface area contributed by atoms with Crippen molar-refractivity contribution < 1.29 is 17.6 Å². The van der Waals surface area contributed by atoms with E-state index in [1.165, 1.54) is 6.26 Å². The van der Waals surface area contributed by atoms with E-state index >= 15 is 0 Å². The van der Waals surface area contributed by atoms with Crippen molar-refractivity contribution in [2.45, 2.75) is 30.9 Å². The van der Waals surface area contributed by atoms with Crippen LogP contribution in [0.2, 0.25) is 0 Å². The predicted octanol–water partition coefficient (Wildman–Crippen LogP) is 2.67. The van der Waals surface area contributed by atoms with E-state index in [0.29, 0.717) is 31.9 Å². The van der Waals surface area contributed by atoms with Crippen LogP contribution in [0, 0.1) is 0 Å². The average Bonchev–Trinajstić information content (AvgIpc) is 3.42. The molecule has 1 aromatic heterocycles. The van der Waals surface area contributed by atoms with Crippen molar-refractivity contribution >= 4 is 49.2 Å². The smallest absolute Gasteiger partial charge is 0.292 e. The Morgan fingerprint density at radius 1 is 1.20 bits per heavy atom. The van der Waals surface area contributed by atoms with Crippen LogP contribution in [-0.2, 0) is 10.0 Å². The Morgan fingerprint density at radius 2 is 1.90 bits per heavy atom. The Hall–Kier alpha value is -2.11. The van der Waals surface area contributed by atoms with Gasteiger partial charge in [-0.2, -0.15) is 9.29 Å². The first-order chi connectivity index (χ1) is 14.3. The van der Waals surface area contributed by atoms with E-state index in [2.05, 4.69) is 31.1 Å². The van der Waals surface area contributed by atoms with Gasteiger partial charge in [-0.3, -0.25) is 4.79 Å². The van der Waals surface area contributed by atoms with Gasteiger partial charge >= 0.3 is 0 Å². The zero-order valence-corrected chi connectivity index (χ0v) is 18.8. The Morgan fingerprint density at radius 3 is 2.53 bits per heavy atom. The molecule has 162 valence electrons. The number of anilines is 3. The summed E-state index contributed by atoms with van der Waals surface area (Å²) in [6, 6.07) is 5.57. The number of nitrogens with zero attached hydrogens (tertiary/aromatic N) is 3. The second kappa shape index (κ2) is 8.56. The third kappa shape index (κ3) is 4.33. The van der Waals surface area contributed by atoms with Crippen LogP contribution in [0.25, 0.3) is 0 Å². The van der Waals surface area contributed by atoms with E-state index < -0.39 is 15.9 Å². The third-order valence-corrected chi connectivity index (χ3v) is 8.73. The summed E-state index contributed by atoms with van der Waals surface area (Å²) < 4.78 is 32.9. The van der Waals surface area contributed by atoms with Crippen LogP contribution in [0.4, 0.5) is 17.4 Å². The average molecular weight is 498 g/mol. The van der Waals surface area contributed by atoms with Crippen LogP contribution < -0.4 is 16.0 Å². The molecule has 0 radical (unpaired) electrons. The lowest BCUT2D eigenvalue weighted by Gasteiger charge is -2.36. The number of halogens is 1. The molecule has 3 N–H and O–H groups in total. The number of oxazole rings is 1. The monoisotopic (exact) mass is 497 g/mol. The molecule has 1 aromatic carbocycles. The number of benzene rings is 1. The van der Waals surface area contributed by atoms with Gasteiger partial charge in [-0.15, -0.1) is 0 Å². The predicted molar refractivity (Wildman–Crippen MR) is 118 cm³/mol. The number of nitrogens with one attached hydrogen (secondary N) is 1. The first-order valence-electron chi connectivity index (χ1n) is 9.90. The first kappa shape index (κ1) is 21.1. The summed E-state index contributed by atoms with van der Waals surface area (Å²) in [5.74, 6) is -0.430. The molecular weight excluding hydrogens is 474 g/mol. The number of hydrogen-bond donors (Lipinski definition) is 2. The van der Waals surface area contributed by atoms with Gasteiger partial charge in [0.15, 0.2) is 5.69 Å². The van der Waals surface area contributed by atoms with Crippen molar-refractivity contribution in [3.05, 3.63) is 34.6 Å². The topological polar surface area (TPSA) is 122 Å². The van der Waals surface area contributed by atoms with E-state index in [4.69, 9.17) is 10.2 Å². The van der Waals surface area contributed by atoms with Gasteiger partial charge in [0.05, 0.1) is 10.9 Å². The maximum absolute atomic E-state index is 12.8. The SMILES string of the molecule is Nc1nc(C(=O)Nc2cc(N3CCN(S(=O)(=O)C4CCCC4)CC3)ccc2Br)co1. The molecule has 4 rings (SSSR count). The summed E-state index contributed by atoms with van der Waals surface area (Å²) >= 11 is 3.44. The van der Waals surface area contributed by atoms with Crippen LogP contribution in [0.1, 0.15) is 36.2 Å². The highest BCUT2D eigenvalue weighted by Crippen LogP contribution is 2.31. The van der Waals surface area contributed by atoms with Gasteiger partial charge in [-0.05, 0) is 47.0 Å². The van der Waals surface area contributed by atoms with Gasteiger partial charge in [0.1, 0.15) is 6.26 Å². The summed E-state index contributed by atoms with van der Waals surface area (Å²) in [4.78, 5) is 18.3. The largest absolute Gasteiger partial charge is 0.431 e. The molecule has 1 saturated carbocycles. The minimum atomic E-state index is -3.21. The molecule has 0 bridgehead atoms. The van der Waals surface area contributed by atoms with E-state index in [9.17, 15) is 13.2 Å². The minimum absolute atomic E-state index is 0.0709. The molecule has 9 nitrogen and oxygen atoms in total. The molecular formula is C19H24BrN5O4S. The fourth-order valence-corrected chi connectivity index (χ4v) is 6.35. The molecule has 1 aliphatic heterocycles. The van der Waals surface area contributed by atoms with Crippen LogP contribution in [0.15, 0.2) is 33.4 Å². The number of piperazine rings is 1. The summed E-state index contributed by atoms with van der Waals surface area (Å²) in [6.45, 7) is 2.13. The molecule has 2 aromatic rings. The Kier molecular flexibility index (Phi) is 6.03. The fraction of sp³-hybridized carbons (Fsp3) is 0.474. The van der Waals surface area contributed by atoms with Gasteiger partial charge in [0.2, 0.25) is 10.0 Å². The highest BCUT2D eigenvalue weighted by atomic mass is 79.9. The lowest BCUT2D eigenvalue weighted by molar-refractivity contribution is 0.102. The third-order valence-electron chi connectivity index (χ3n) is 5.64. The standard InChI is InChI=1S/C19H24BrN5O4S/c20-15-6-5-13(11-16(15)22-18(26)17-12-29-19(21)23-17)24-7-9-25(10-8-24)30(27,28)14-3-1-2-4-14/h5-6,11-12,14H,1-4,7-10H2,(H2,21,23)(H,22,26). The fourth-order valence-electron chi connectivity index (χ4n) is 3.98. The van der Waals surface area contributed by atoms with Crippen molar-refractivity contribution in [2.75, 3.05) is 42.1 Å². The maximum atomic E-state index is 12.8. The molecule has 1 saturated heterocycles. The Balaban J connectivity index is 1.43. The normalized spacial score (nSPS) is 18.6. The first-order valence-corrected chi connectivity index (χ1v) is 12.2. The van der Waals surface area contributed by atoms with Crippen molar-refractivity contribution in [1.29, 1.82) is 0 Å². The molecule has 2 heterocycles. The van der Waals surface area contributed by atoms with Crippen molar-refractivity contribution in [1.82, 2.24) is 9.29 Å². The summed E-state index contributed by atoms with van der Waals surface area (Å²) in [7, 11) is -3.21. The minimum Gasteiger partial charge on any atom is -0.431 e. The number of amides is 1.